The number of anilines is 1. The first-order chi connectivity index (χ1) is 9.56. The highest BCUT2D eigenvalue weighted by Gasteiger charge is 2.14. The van der Waals surface area contributed by atoms with E-state index in [2.05, 4.69) is 10.7 Å². The molecule has 8 nitrogen and oxygen atoms in total. The minimum Gasteiger partial charge on any atom is -0.507 e. The highest BCUT2D eigenvalue weighted by Crippen LogP contribution is 2.21. The Bertz CT molecular complexity index is 514. The number of carbonyl (C=O) groups excluding carboxylic acids is 1. The van der Waals surface area contributed by atoms with Gasteiger partial charge in [-0.1, -0.05) is 0 Å². The summed E-state index contributed by atoms with van der Waals surface area (Å²) in [4.78, 5) is 22.4. The minimum atomic E-state index is -1.23. The molecule has 2 rings (SSSR count). The van der Waals surface area contributed by atoms with Crippen LogP contribution in [0.25, 0.3) is 0 Å². The number of aromatic carboxylic acids is 1. The van der Waals surface area contributed by atoms with E-state index >= 15 is 0 Å². The van der Waals surface area contributed by atoms with Gasteiger partial charge in [0.05, 0.1) is 13.2 Å². The fourth-order valence-electron chi connectivity index (χ4n) is 1.77. The smallest absolute Gasteiger partial charge is 0.339 e. The zero-order valence-electron chi connectivity index (χ0n) is 10.6. The maximum atomic E-state index is 11.7. The molecule has 1 fully saturated rings. The number of phenols is 1. The van der Waals surface area contributed by atoms with Gasteiger partial charge in [0.1, 0.15) is 11.3 Å². The summed E-state index contributed by atoms with van der Waals surface area (Å²) >= 11 is 0. The van der Waals surface area contributed by atoms with Gasteiger partial charge in [0.25, 0.3) is 0 Å². The van der Waals surface area contributed by atoms with Crippen LogP contribution >= 0.6 is 0 Å². The van der Waals surface area contributed by atoms with E-state index < -0.39 is 17.7 Å². The fraction of sp³-hybridized carbons (Fsp3) is 0.333. The number of rotatable bonds is 3. The largest absolute Gasteiger partial charge is 0.507 e. The van der Waals surface area contributed by atoms with Gasteiger partial charge in [0, 0.05) is 24.8 Å². The number of ether oxygens (including phenoxy) is 1. The van der Waals surface area contributed by atoms with Gasteiger partial charge in [-0.2, -0.15) is 0 Å². The van der Waals surface area contributed by atoms with Crippen LogP contribution in [-0.2, 0) is 4.74 Å². The predicted molar refractivity (Wildman–Crippen MR) is 69.6 cm³/mol. The molecule has 0 radical (unpaired) electrons. The first kappa shape index (κ1) is 14.1. The molecule has 0 aliphatic carbocycles. The topological polar surface area (TPSA) is 111 Å². The van der Waals surface area contributed by atoms with E-state index in [1.54, 1.807) is 5.01 Å². The standard InChI is InChI=1S/C12H15N3O5/c16-10-7-8(1-2-9(10)11(17)18)13-12(19)14-15-3-5-20-6-4-15/h1-2,7,16H,3-6H2,(H,17,18)(H2,13,14,19). The van der Waals surface area contributed by atoms with Gasteiger partial charge in [-0.3, -0.25) is 5.43 Å². The third-order valence-electron chi connectivity index (χ3n) is 2.76. The van der Waals surface area contributed by atoms with Crippen molar-refractivity contribution in [3.63, 3.8) is 0 Å². The lowest BCUT2D eigenvalue weighted by Crippen LogP contribution is -2.49. The second-order valence-corrected chi connectivity index (χ2v) is 4.20. The van der Waals surface area contributed by atoms with E-state index in [0.29, 0.717) is 32.0 Å². The number of aromatic hydroxyl groups is 1. The molecule has 8 heteroatoms. The first-order valence-corrected chi connectivity index (χ1v) is 6.03. The van der Waals surface area contributed by atoms with Crippen LogP contribution in [0.4, 0.5) is 10.5 Å². The SMILES string of the molecule is O=C(Nc1ccc(C(=O)O)c(O)c1)NN1CCOCC1. The lowest BCUT2D eigenvalue weighted by Gasteiger charge is -2.26. The average Bonchev–Trinajstić information content (AvgIpc) is 2.39. The van der Waals surface area contributed by atoms with Gasteiger partial charge in [-0.05, 0) is 12.1 Å². The Morgan fingerprint density at radius 1 is 1.25 bits per heavy atom. The average molecular weight is 281 g/mol. The molecular weight excluding hydrogens is 266 g/mol. The molecule has 1 aliphatic heterocycles. The summed E-state index contributed by atoms with van der Waals surface area (Å²) in [5.74, 6) is -1.63. The van der Waals surface area contributed by atoms with E-state index in [0.717, 1.165) is 0 Å². The lowest BCUT2D eigenvalue weighted by atomic mass is 10.2. The van der Waals surface area contributed by atoms with Gasteiger partial charge >= 0.3 is 12.0 Å². The highest BCUT2D eigenvalue weighted by atomic mass is 16.5. The molecule has 0 unspecified atom stereocenters. The molecule has 2 amide bonds. The van der Waals surface area contributed by atoms with Crippen molar-refractivity contribution in [3.05, 3.63) is 23.8 Å². The van der Waals surface area contributed by atoms with Crippen molar-refractivity contribution in [2.75, 3.05) is 31.6 Å². The monoisotopic (exact) mass is 281 g/mol. The molecule has 0 saturated carbocycles. The molecule has 1 aliphatic rings. The summed E-state index contributed by atoms with van der Waals surface area (Å²) in [5, 5.41) is 22.5. The quantitative estimate of drug-likeness (QED) is 0.640. The number of morpholine rings is 1. The number of nitrogens with one attached hydrogen (secondary N) is 2. The number of hydrogen-bond acceptors (Lipinski definition) is 5. The van der Waals surface area contributed by atoms with Crippen LogP contribution < -0.4 is 10.7 Å². The van der Waals surface area contributed by atoms with Crippen molar-refractivity contribution >= 4 is 17.7 Å². The molecule has 0 aromatic heterocycles. The number of nitrogens with zero attached hydrogens (tertiary/aromatic N) is 1. The van der Waals surface area contributed by atoms with Gasteiger partial charge in [0.15, 0.2) is 0 Å². The number of benzene rings is 1. The van der Waals surface area contributed by atoms with Crippen LogP contribution in [0.5, 0.6) is 5.75 Å². The maximum absolute atomic E-state index is 11.7. The number of urea groups is 1. The van der Waals surface area contributed by atoms with Crippen molar-refractivity contribution < 1.29 is 24.5 Å². The van der Waals surface area contributed by atoms with Crippen LogP contribution in [0, 0.1) is 0 Å². The van der Waals surface area contributed by atoms with Gasteiger partial charge in [0.2, 0.25) is 0 Å². The zero-order valence-corrected chi connectivity index (χ0v) is 10.6. The number of carbonyl (C=O) groups is 2. The van der Waals surface area contributed by atoms with Crippen molar-refractivity contribution in [3.8, 4) is 5.75 Å². The molecule has 20 heavy (non-hydrogen) atoms. The molecule has 0 bridgehead atoms. The Kier molecular flexibility index (Phi) is 4.38. The van der Waals surface area contributed by atoms with Crippen LogP contribution in [0.2, 0.25) is 0 Å². The molecule has 1 saturated heterocycles. The summed E-state index contributed by atoms with van der Waals surface area (Å²) in [6, 6.07) is 3.35. The van der Waals surface area contributed by atoms with Crippen molar-refractivity contribution in [2.45, 2.75) is 0 Å². The van der Waals surface area contributed by atoms with Crippen molar-refractivity contribution in [1.29, 1.82) is 0 Å². The van der Waals surface area contributed by atoms with E-state index in [1.165, 1.54) is 18.2 Å². The van der Waals surface area contributed by atoms with E-state index in [9.17, 15) is 14.7 Å². The minimum absolute atomic E-state index is 0.218. The van der Waals surface area contributed by atoms with E-state index in [-0.39, 0.29) is 5.56 Å². The number of carboxylic acids is 1. The van der Waals surface area contributed by atoms with Crippen LogP contribution in [0.3, 0.4) is 0 Å². The summed E-state index contributed by atoms with van der Waals surface area (Å²) in [7, 11) is 0. The summed E-state index contributed by atoms with van der Waals surface area (Å²) < 4.78 is 5.15. The normalized spacial score (nSPS) is 15.6. The maximum Gasteiger partial charge on any atom is 0.339 e. The molecule has 0 spiro atoms. The Balaban J connectivity index is 1.93. The molecule has 1 aromatic rings. The van der Waals surface area contributed by atoms with Gasteiger partial charge in [-0.15, -0.1) is 0 Å². The molecule has 4 N–H and O–H groups in total. The third kappa shape index (κ3) is 3.59. The Labute approximate surface area is 114 Å². The molecule has 108 valence electrons. The number of hydrazine groups is 1. The number of hydrogen-bond donors (Lipinski definition) is 4. The van der Waals surface area contributed by atoms with Crippen molar-refractivity contribution in [1.82, 2.24) is 10.4 Å². The fourth-order valence-corrected chi connectivity index (χ4v) is 1.77. The molecule has 1 aromatic carbocycles. The summed E-state index contributed by atoms with van der Waals surface area (Å²) in [6.45, 7) is 2.29. The Morgan fingerprint density at radius 3 is 2.55 bits per heavy atom. The Hall–Kier alpha value is -2.32. The van der Waals surface area contributed by atoms with E-state index in [1.807, 2.05) is 0 Å². The summed E-state index contributed by atoms with van der Waals surface area (Å²) in [5.41, 5.74) is 2.72. The summed E-state index contributed by atoms with van der Waals surface area (Å²) in [6.07, 6.45) is 0. The third-order valence-corrected chi connectivity index (χ3v) is 2.76. The van der Waals surface area contributed by atoms with Gasteiger partial charge in [-0.25, -0.2) is 14.6 Å². The zero-order chi connectivity index (χ0) is 14.5. The highest BCUT2D eigenvalue weighted by molar-refractivity contribution is 5.93. The number of carboxylic acid groups (broad SMARTS) is 1. The van der Waals surface area contributed by atoms with Gasteiger partial charge < -0.3 is 20.3 Å². The first-order valence-electron chi connectivity index (χ1n) is 6.03. The Morgan fingerprint density at radius 2 is 1.95 bits per heavy atom. The second-order valence-electron chi connectivity index (χ2n) is 4.20. The number of amides is 2. The lowest BCUT2D eigenvalue weighted by molar-refractivity contribution is 0.0207. The second kappa shape index (κ2) is 6.22. The van der Waals surface area contributed by atoms with Crippen LogP contribution in [0.1, 0.15) is 10.4 Å². The molecule has 0 atom stereocenters. The molecule has 1 heterocycles. The molecular formula is C12H15N3O5. The van der Waals surface area contributed by atoms with Crippen LogP contribution in [0.15, 0.2) is 18.2 Å². The van der Waals surface area contributed by atoms with E-state index in [4.69, 9.17) is 9.84 Å². The predicted octanol–water partition coefficient (Wildman–Crippen LogP) is 0.459. The van der Waals surface area contributed by atoms with Crippen LogP contribution in [-0.4, -0.2) is 53.5 Å². The van der Waals surface area contributed by atoms with Crippen molar-refractivity contribution in [2.24, 2.45) is 0 Å².